The van der Waals surface area contributed by atoms with Crippen LogP contribution in [0, 0.1) is 17.3 Å². The first-order valence-corrected chi connectivity index (χ1v) is 8.99. The predicted octanol–water partition coefficient (Wildman–Crippen LogP) is 4.26. The number of hydrogen-bond acceptors (Lipinski definition) is 2. The first-order valence-electron chi connectivity index (χ1n) is 8.99. The number of ether oxygens (including phenoxy) is 1. The molecular weight excluding hydrogens is 258 g/mol. The molecular formula is C19H33NO. The molecule has 4 atom stereocenters. The molecule has 1 saturated carbocycles. The number of allylic oxidation sites excluding steroid dienone is 1. The predicted molar refractivity (Wildman–Crippen MR) is 88.4 cm³/mol. The summed E-state index contributed by atoms with van der Waals surface area (Å²) in [5.41, 5.74) is 2.02. The summed E-state index contributed by atoms with van der Waals surface area (Å²) >= 11 is 0. The Kier molecular flexibility index (Phi) is 4.47. The highest BCUT2D eigenvalue weighted by Gasteiger charge is 2.48. The minimum Gasteiger partial charge on any atom is -0.373 e. The fourth-order valence-electron chi connectivity index (χ4n) is 5.24. The van der Waals surface area contributed by atoms with Gasteiger partial charge in [0.2, 0.25) is 0 Å². The van der Waals surface area contributed by atoms with Crippen LogP contribution in [0.2, 0.25) is 0 Å². The van der Waals surface area contributed by atoms with E-state index < -0.39 is 0 Å². The van der Waals surface area contributed by atoms with Gasteiger partial charge in [-0.2, -0.15) is 0 Å². The molecule has 1 heterocycles. The van der Waals surface area contributed by atoms with Crippen molar-refractivity contribution in [1.82, 2.24) is 4.90 Å². The van der Waals surface area contributed by atoms with Crippen molar-refractivity contribution in [3.63, 3.8) is 0 Å². The van der Waals surface area contributed by atoms with Crippen LogP contribution in [0.15, 0.2) is 11.6 Å². The maximum atomic E-state index is 6.76. The average Bonchev–Trinajstić information content (AvgIpc) is 2.45. The lowest BCUT2D eigenvalue weighted by Crippen LogP contribution is -2.53. The van der Waals surface area contributed by atoms with Gasteiger partial charge in [-0.25, -0.2) is 0 Å². The van der Waals surface area contributed by atoms with Crippen molar-refractivity contribution in [3.05, 3.63) is 11.6 Å². The zero-order valence-corrected chi connectivity index (χ0v) is 14.4. The largest absolute Gasteiger partial charge is 0.373 e. The van der Waals surface area contributed by atoms with E-state index in [2.05, 4.69) is 38.9 Å². The molecule has 1 saturated heterocycles. The van der Waals surface area contributed by atoms with Gasteiger partial charge in [0.05, 0.1) is 12.2 Å². The molecule has 0 radical (unpaired) electrons. The third kappa shape index (κ3) is 3.07. The summed E-state index contributed by atoms with van der Waals surface area (Å²) in [6.45, 7) is 5.93. The summed E-state index contributed by atoms with van der Waals surface area (Å²) in [5.74, 6) is 1.43. The lowest BCUT2D eigenvalue weighted by atomic mass is 9.64. The SMILES string of the molecule is CN(C)CC(C)(C)[C@@H]1O[C@@H]2CCCC[C@@H]2C2=CCCC[C@@H]21. The van der Waals surface area contributed by atoms with Gasteiger partial charge in [-0.15, -0.1) is 0 Å². The third-order valence-electron chi connectivity index (χ3n) is 5.84. The molecule has 2 fully saturated rings. The van der Waals surface area contributed by atoms with Gasteiger partial charge in [0.1, 0.15) is 0 Å². The monoisotopic (exact) mass is 291 g/mol. The average molecular weight is 291 g/mol. The van der Waals surface area contributed by atoms with Gasteiger partial charge in [-0.05, 0) is 46.2 Å². The molecule has 2 aliphatic carbocycles. The molecule has 0 spiro atoms. The van der Waals surface area contributed by atoms with Crippen LogP contribution < -0.4 is 0 Å². The van der Waals surface area contributed by atoms with Crippen molar-refractivity contribution in [2.45, 2.75) is 71.0 Å². The molecule has 3 rings (SSSR count). The van der Waals surface area contributed by atoms with Gasteiger partial charge in [0, 0.05) is 23.8 Å². The van der Waals surface area contributed by atoms with Crippen molar-refractivity contribution in [1.29, 1.82) is 0 Å². The van der Waals surface area contributed by atoms with Crippen LogP contribution in [-0.2, 0) is 4.74 Å². The first-order chi connectivity index (χ1) is 9.99. The van der Waals surface area contributed by atoms with E-state index in [4.69, 9.17) is 4.74 Å². The second-order valence-electron chi connectivity index (χ2n) is 8.45. The van der Waals surface area contributed by atoms with Gasteiger partial charge < -0.3 is 9.64 Å². The summed E-state index contributed by atoms with van der Waals surface area (Å²) < 4.78 is 6.76. The maximum absolute atomic E-state index is 6.76. The molecule has 0 amide bonds. The fraction of sp³-hybridized carbons (Fsp3) is 0.895. The van der Waals surface area contributed by atoms with E-state index in [1.807, 2.05) is 0 Å². The Bertz CT molecular complexity index is 398. The van der Waals surface area contributed by atoms with Crippen LogP contribution in [-0.4, -0.2) is 37.7 Å². The number of fused-ring (bicyclic) bond motifs is 3. The Morgan fingerprint density at radius 3 is 2.57 bits per heavy atom. The summed E-state index contributed by atoms with van der Waals surface area (Å²) in [6, 6.07) is 0. The van der Waals surface area contributed by atoms with Crippen molar-refractivity contribution in [2.75, 3.05) is 20.6 Å². The smallest absolute Gasteiger partial charge is 0.0707 e. The molecule has 120 valence electrons. The summed E-state index contributed by atoms with van der Waals surface area (Å²) in [4.78, 5) is 2.32. The molecule has 2 heteroatoms. The maximum Gasteiger partial charge on any atom is 0.0707 e. The third-order valence-corrected chi connectivity index (χ3v) is 5.84. The zero-order chi connectivity index (χ0) is 15.0. The van der Waals surface area contributed by atoms with Gasteiger partial charge in [0.25, 0.3) is 0 Å². The molecule has 0 N–H and O–H groups in total. The molecule has 0 bridgehead atoms. The van der Waals surface area contributed by atoms with Crippen LogP contribution >= 0.6 is 0 Å². The molecule has 1 aliphatic heterocycles. The lowest BCUT2D eigenvalue weighted by molar-refractivity contribution is -0.151. The Morgan fingerprint density at radius 1 is 1.10 bits per heavy atom. The highest BCUT2D eigenvalue weighted by molar-refractivity contribution is 5.21. The Labute approximate surface area is 130 Å². The van der Waals surface area contributed by atoms with Crippen molar-refractivity contribution in [2.24, 2.45) is 17.3 Å². The minimum absolute atomic E-state index is 0.229. The molecule has 0 aromatic heterocycles. The standard InChI is InChI=1S/C19H33NO/c1-19(2,13-20(3)4)18-16-11-6-5-9-14(16)15-10-7-8-12-17(15)21-18/h9,15-18H,5-8,10-13H2,1-4H3/t15-,16+,17-,18-/m1/s1. The van der Waals surface area contributed by atoms with E-state index >= 15 is 0 Å². The van der Waals surface area contributed by atoms with Crippen LogP contribution in [0.4, 0.5) is 0 Å². The molecule has 0 unspecified atom stereocenters. The van der Waals surface area contributed by atoms with E-state index in [1.54, 1.807) is 5.57 Å². The molecule has 0 aromatic rings. The summed E-state index contributed by atoms with van der Waals surface area (Å²) in [7, 11) is 4.37. The normalized spacial score (nSPS) is 36.9. The number of hydrogen-bond donors (Lipinski definition) is 0. The highest BCUT2D eigenvalue weighted by Crippen LogP contribution is 2.50. The van der Waals surface area contributed by atoms with Crippen LogP contribution in [0.25, 0.3) is 0 Å². The summed E-state index contributed by atoms with van der Waals surface area (Å²) in [6.07, 6.45) is 12.9. The topological polar surface area (TPSA) is 12.5 Å². The van der Waals surface area contributed by atoms with Crippen molar-refractivity contribution >= 4 is 0 Å². The Hall–Kier alpha value is -0.340. The van der Waals surface area contributed by atoms with Crippen molar-refractivity contribution < 1.29 is 4.74 Å². The Balaban J connectivity index is 1.87. The second kappa shape index (κ2) is 6.04. The molecule has 0 aromatic carbocycles. The van der Waals surface area contributed by atoms with Gasteiger partial charge in [-0.1, -0.05) is 38.3 Å². The van der Waals surface area contributed by atoms with Gasteiger partial charge in [0.15, 0.2) is 0 Å². The lowest BCUT2D eigenvalue weighted by Gasteiger charge is -2.52. The van der Waals surface area contributed by atoms with E-state index in [1.165, 1.54) is 44.9 Å². The highest BCUT2D eigenvalue weighted by atomic mass is 16.5. The molecule has 21 heavy (non-hydrogen) atoms. The molecule has 3 aliphatic rings. The summed E-state index contributed by atoms with van der Waals surface area (Å²) in [5, 5.41) is 0. The second-order valence-corrected chi connectivity index (χ2v) is 8.45. The van der Waals surface area contributed by atoms with Crippen LogP contribution in [0.1, 0.15) is 58.8 Å². The minimum atomic E-state index is 0.229. The van der Waals surface area contributed by atoms with Gasteiger partial charge >= 0.3 is 0 Å². The quantitative estimate of drug-likeness (QED) is 0.720. The zero-order valence-electron chi connectivity index (χ0n) is 14.4. The van der Waals surface area contributed by atoms with Crippen molar-refractivity contribution in [3.8, 4) is 0 Å². The van der Waals surface area contributed by atoms with E-state index in [-0.39, 0.29) is 5.41 Å². The molecule has 2 nitrogen and oxygen atoms in total. The van der Waals surface area contributed by atoms with E-state index in [9.17, 15) is 0 Å². The van der Waals surface area contributed by atoms with E-state index in [0.717, 1.165) is 12.5 Å². The fourth-order valence-corrected chi connectivity index (χ4v) is 5.24. The number of nitrogens with zero attached hydrogens (tertiary/aromatic N) is 1. The van der Waals surface area contributed by atoms with Crippen LogP contribution in [0.3, 0.4) is 0 Å². The first kappa shape index (κ1) is 15.6. The van der Waals surface area contributed by atoms with Crippen LogP contribution in [0.5, 0.6) is 0 Å². The Morgan fingerprint density at radius 2 is 1.81 bits per heavy atom. The number of rotatable bonds is 3. The van der Waals surface area contributed by atoms with Gasteiger partial charge in [-0.3, -0.25) is 0 Å². The van der Waals surface area contributed by atoms with E-state index in [0.29, 0.717) is 18.1 Å².